The van der Waals surface area contributed by atoms with Gasteiger partial charge in [0, 0.05) is 25.3 Å². The highest BCUT2D eigenvalue weighted by atomic mass is 32.2. The number of carboxylic acid groups (broad SMARTS) is 1. The van der Waals surface area contributed by atoms with Crippen molar-refractivity contribution in [3.05, 3.63) is 30.3 Å². The van der Waals surface area contributed by atoms with Gasteiger partial charge in [0.25, 0.3) is 0 Å². The maximum Gasteiger partial charge on any atom is 0.304 e. The van der Waals surface area contributed by atoms with Crippen LogP contribution in [0.3, 0.4) is 0 Å². The number of nitrogens with zero attached hydrogens (tertiary/aromatic N) is 1. The van der Waals surface area contributed by atoms with Gasteiger partial charge in [-0.3, -0.25) is 4.79 Å². The minimum absolute atomic E-state index is 0.311. The highest BCUT2D eigenvalue weighted by Gasteiger charge is 2.12. The number of hydrogen-bond acceptors (Lipinski definition) is 4. The van der Waals surface area contributed by atoms with Crippen LogP contribution >= 0.6 is 0 Å². The smallest absolute Gasteiger partial charge is 0.304 e. The summed E-state index contributed by atoms with van der Waals surface area (Å²) in [7, 11) is -3.50. The largest absolute Gasteiger partial charge is 0.481 e. The summed E-state index contributed by atoms with van der Waals surface area (Å²) >= 11 is 0. The summed E-state index contributed by atoms with van der Waals surface area (Å²) in [5, 5.41) is 8.48. The van der Waals surface area contributed by atoms with Crippen molar-refractivity contribution in [2.45, 2.75) is 19.8 Å². The second kappa shape index (κ2) is 8.63. The van der Waals surface area contributed by atoms with Crippen LogP contribution in [0.15, 0.2) is 30.3 Å². The number of carboxylic acids is 1. The number of aliphatic carboxylic acids is 1. The molecule has 7 heteroatoms. The van der Waals surface area contributed by atoms with E-state index in [-0.39, 0.29) is 12.2 Å². The Morgan fingerprint density at radius 2 is 1.95 bits per heavy atom. The van der Waals surface area contributed by atoms with Crippen molar-refractivity contribution in [3.8, 4) is 0 Å². The minimum atomic E-state index is -3.50. The molecule has 0 aromatic heterocycles. The standard InChI is InChI=1S/C14H22N2O4S/c1-2-16(13-7-4-3-5-8-13)11-6-10-15-21(19,20)12-9-14(17)18/h3-5,7-8,15H,2,6,9-12H2,1H3,(H,17,18). The molecule has 0 spiro atoms. The molecule has 0 saturated carbocycles. The lowest BCUT2D eigenvalue weighted by molar-refractivity contribution is -0.136. The van der Waals surface area contributed by atoms with E-state index in [0.717, 1.165) is 18.8 Å². The van der Waals surface area contributed by atoms with E-state index < -0.39 is 16.0 Å². The molecule has 0 amide bonds. The average molecular weight is 314 g/mol. The van der Waals surface area contributed by atoms with Gasteiger partial charge in [-0.2, -0.15) is 0 Å². The van der Waals surface area contributed by atoms with Gasteiger partial charge in [0.1, 0.15) is 0 Å². The molecular weight excluding hydrogens is 292 g/mol. The van der Waals surface area contributed by atoms with Gasteiger partial charge in [-0.15, -0.1) is 0 Å². The molecule has 1 aromatic carbocycles. The molecule has 0 aliphatic heterocycles. The van der Waals surface area contributed by atoms with Crippen molar-refractivity contribution in [3.63, 3.8) is 0 Å². The Hall–Kier alpha value is -1.60. The first-order valence-corrected chi connectivity index (χ1v) is 8.59. The van der Waals surface area contributed by atoms with E-state index in [0.29, 0.717) is 13.0 Å². The monoisotopic (exact) mass is 314 g/mol. The number of anilines is 1. The summed E-state index contributed by atoms with van der Waals surface area (Å²) in [5.74, 6) is -1.49. The molecule has 2 N–H and O–H groups in total. The van der Waals surface area contributed by atoms with Crippen LogP contribution in [0.2, 0.25) is 0 Å². The normalized spacial score (nSPS) is 11.3. The molecule has 0 atom stereocenters. The summed E-state index contributed by atoms with van der Waals surface area (Å²) < 4.78 is 25.5. The Bertz CT molecular complexity index is 531. The fraction of sp³-hybridized carbons (Fsp3) is 0.500. The second-order valence-electron chi connectivity index (χ2n) is 4.63. The SMILES string of the molecule is CCN(CCCNS(=O)(=O)CCC(=O)O)c1ccccc1. The fourth-order valence-electron chi connectivity index (χ4n) is 1.90. The first-order valence-electron chi connectivity index (χ1n) is 6.93. The maximum absolute atomic E-state index is 11.5. The number of nitrogens with one attached hydrogen (secondary N) is 1. The fourth-order valence-corrected chi connectivity index (χ4v) is 2.94. The first kappa shape index (κ1) is 17.5. The maximum atomic E-state index is 11.5. The van der Waals surface area contributed by atoms with Crippen LogP contribution in [0.4, 0.5) is 5.69 Å². The van der Waals surface area contributed by atoms with Crippen LogP contribution in [-0.2, 0) is 14.8 Å². The van der Waals surface area contributed by atoms with Crippen LogP contribution < -0.4 is 9.62 Å². The van der Waals surface area contributed by atoms with Gasteiger partial charge in [0.2, 0.25) is 10.0 Å². The molecule has 0 radical (unpaired) electrons. The average Bonchev–Trinajstić information content (AvgIpc) is 2.46. The predicted molar refractivity (Wildman–Crippen MR) is 83.0 cm³/mol. The zero-order valence-electron chi connectivity index (χ0n) is 12.2. The third-order valence-electron chi connectivity index (χ3n) is 3.01. The zero-order chi connectivity index (χ0) is 15.7. The van der Waals surface area contributed by atoms with E-state index in [4.69, 9.17) is 5.11 Å². The van der Waals surface area contributed by atoms with Crippen molar-refractivity contribution in [1.82, 2.24) is 4.72 Å². The molecule has 0 saturated heterocycles. The Balaban J connectivity index is 2.34. The first-order chi connectivity index (χ1) is 9.94. The lowest BCUT2D eigenvalue weighted by Gasteiger charge is -2.23. The van der Waals surface area contributed by atoms with E-state index >= 15 is 0 Å². The van der Waals surface area contributed by atoms with E-state index in [2.05, 4.69) is 9.62 Å². The van der Waals surface area contributed by atoms with Crippen LogP contribution in [0, 0.1) is 0 Å². The minimum Gasteiger partial charge on any atom is -0.481 e. The van der Waals surface area contributed by atoms with Crippen molar-refractivity contribution in [2.75, 3.05) is 30.3 Å². The van der Waals surface area contributed by atoms with Gasteiger partial charge < -0.3 is 10.0 Å². The van der Waals surface area contributed by atoms with Crippen LogP contribution in [0.1, 0.15) is 19.8 Å². The quantitative estimate of drug-likeness (QED) is 0.636. The molecule has 0 heterocycles. The summed E-state index contributed by atoms with van der Waals surface area (Å²) in [6.45, 7) is 3.94. The summed E-state index contributed by atoms with van der Waals surface area (Å²) in [4.78, 5) is 12.5. The summed E-state index contributed by atoms with van der Waals surface area (Å²) in [6.07, 6.45) is 0.287. The van der Waals surface area contributed by atoms with Gasteiger partial charge in [0.15, 0.2) is 0 Å². The molecule has 21 heavy (non-hydrogen) atoms. The molecule has 1 rings (SSSR count). The van der Waals surface area contributed by atoms with E-state index in [1.807, 2.05) is 37.3 Å². The van der Waals surface area contributed by atoms with Gasteiger partial charge >= 0.3 is 5.97 Å². The summed E-state index contributed by atoms with van der Waals surface area (Å²) in [5.41, 5.74) is 1.11. The summed E-state index contributed by atoms with van der Waals surface area (Å²) in [6, 6.07) is 9.91. The Kier molecular flexibility index (Phi) is 7.18. The van der Waals surface area contributed by atoms with Crippen molar-refractivity contribution in [2.24, 2.45) is 0 Å². The van der Waals surface area contributed by atoms with Gasteiger partial charge in [0.05, 0.1) is 12.2 Å². The molecule has 118 valence electrons. The van der Waals surface area contributed by atoms with E-state index in [1.165, 1.54) is 0 Å². The molecule has 1 aromatic rings. The third kappa shape index (κ3) is 7.10. The Morgan fingerprint density at radius 1 is 1.29 bits per heavy atom. The topological polar surface area (TPSA) is 86.7 Å². The highest BCUT2D eigenvalue weighted by molar-refractivity contribution is 7.89. The van der Waals surface area contributed by atoms with Gasteiger partial charge in [-0.1, -0.05) is 18.2 Å². The predicted octanol–water partition coefficient (Wildman–Crippen LogP) is 1.30. The van der Waals surface area contributed by atoms with Crippen molar-refractivity contribution in [1.29, 1.82) is 0 Å². The van der Waals surface area contributed by atoms with Crippen LogP contribution in [-0.4, -0.2) is 44.9 Å². The van der Waals surface area contributed by atoms with Crippen molar-refractivity contribution >= 4 is 21.7 Å². The molecule has 0 fully saturated rings. The number of para-hydroxylation sites is 1. The van der Waals surface area contributed by atoms with Crippen molar-refractivity contribution < 1.29 is 18.3 Å². The molecule has 0 aliphatic rings. The molecule has 6 nitrogen and oxygen atoms in total. The molecule has 0 aliphatic carbocycles. The number of carbonyl (C=O) groups is 1. The Labute approximate surface area is 125 Å². The molecule has 0 bridgehead atoms. The second-order valence-corrected chi connectivity index (χ2v) is 6.55. The number of sulfonamides is 1. The lowest BCUT2D eigenvalue weighted by atomic mass is 10.2. The van der Waals surface area contributed by atoms with Crippen LogP contribution in [0.5, 0.6) is 0 Å². The zero-order valence-corrected chi connectivity index (χ0v) is 13.0. The molecule has 0 unspecified atom stereocenters. The highest BCUT2D eigenvalue weighted by Crippen LogP contribution is 2.12. The van der Waals surface area contributed by atoms with E-state index in [9.17, 15) is 13.2 Å². The molecular formula is C14H22N2O4S. The number of hydrogen-bond donors (Lipinski definition) is 2. The van der Waals surface area contributed by atoms with Crippen LogP contribution in [0.25, 0.3) is 0 Å². The van der Waals surface area contributed by atoms with Gasteiger partial charge in [-0.05, 0) is 25.5 Å². The number of rotatable bonds is 10. The lowest BCUT2D eigenvalue weighted by Crippen LogP contribution is -2.31. The third-order valence-corrected chi connectivity index (χ3v) is 4.40. The number of benzene rings is 1. The van der Waals surface area contributed by atoms with Gasteiger partial charge in [-0.25, -0.2) is 13.1 Å². The van der Waals surface area contributed by atoms with E-state index in [1.54, 1.807) is 0 Å². The Morgan fingerprint density at radius 3 is 2.52 bits per heavy atom.